The first-order chi connectivity index (χ1) is 30.2. The predicted molar refractivity (Wildman–Crippen MR) is 251 cm³/mol. The van der Waals surface area contributed by atoms with Crippen molar-refractivity contribution < 1.29 is 57.4 Å². The number of allylic oxidation sites excluding steroid dienone is 10. The monoisotopic (exact) mass is 908 g/mol. The molecule has 0 radical (unpaired) electrons. The Labute approximate surface area is 381 Å². The second kappa shape index (κ2) is 36.5. The highest BCUT2D eigenvalue weighted by Crippen LogP contribution is 2.39. The van der Waals surface area contributed by atoms with Gasteiger partial charge in [0, 0.05) is 25.2 Å². The predicted octanol–water partition coefficient (Wildman–Crippen LogP) is 9.55. The Morgan fingerprint density at radius 3 is 1.94 bits per heavy atom. The van der Waals surface area contributed by atoms with Gasteiger partial charge in [-0.2, -0.15) is 0 Å². The number of aliphatic hydroxyl groups excluding tert-OH is 3. The Bertz CT molecular complexity index is 1420. The van der Waals surface area contributed by atoms with Gasteiger partial charge in [0.2, 0.25) is 0 Å². The Kier molecular flexibility index (Phi) is 33.8. The van der Waals surface area contributed by atoms with Crippen LogP contribution in [0.1, 0.15) is 149 Å². The van der Waals surface area contributed by atoms with E-state index in [4.69, 9.17) is 18.5 Å². The molecule has 1 unspecified atom stereocenters. The standard InChI is InChI=1S/C50H86NO11P/c1-6-8-10-11-12-13-14-15-16-17-18-19-20-21-22-23-24-25-30-34-49(55)59-41-44(42-61-63(57,58)60-39-38-51(3,4)5)62-50(56)35-31-27-26-29-33-45-46(48(54)40-47(45)53)37-36-43(52)32-28-9-7-2/h8,10,12-13,15-16,18-19,21-22,36-37,43-48,52-54H,6-7,9,11,14,17,20,23-35,38-42H2,1-5H3/b10-8-,13-12-,16-15-,19-18-,22-21-,37-36+/t43-,44+,45+,46+,47-,48+/m0/s1. The zero-order chi connectivity index (χ0) is 46.6. The number of esters is 2. The number of phosphoric ester groups is 1. The third-order valence-corrected chi connectivity index (χ3v) is 11.8. The number of carbonyl (C=O) groups excluding carboxylic acids is 2. The molecule has 63 heavy (non-hydrogen) atoms. The fraction of sp³-hybridized carbons (Fsp3) is 0.720. The lowest BCUT2D eigenvalue weighted by Gasteiger charge is -2.28. The van der Waals surface area contributed by atoms with Crippen molar-refractivity contribution in [2.45, 2.75) is 173 Å². The number of unbranched alkanes of at least 4 members (excludes halogenated alkanes) is 8. The van der Waals surface area contributed by atoms with E-state index >= 15 is 0 Å². The molecule has 1 rings (SSSR count). The molecule has 0 aliphatic heterocycles. The normalized spacial score (nSPS) is 20.6. The van der Waals surface area contributed by atoms with Crippen molar-refractivity contribution in [3.05, 3.63) is 72.9 Å². The van der Waals surface area contributed by atoms with Crippen LogP contribution in [0.4, 0.5) is 0 Å². The van der Waals surface area contributed by atoms with E-state index < -0.39 is 50.8 Å². The van der Waals surface area contributed by atoms with Gasteiger partial charge in [0.05, 0.1) is 46.1 Å². The van der Waals surface area contributed by atoms with Crippen LogP contribution in [0.15, 0.2) is 72.9 Å². The first-order valence-corrected chi connectivity index (χ1v) is 25.4. The zero-order valence-electron chi connectivity index (χ0n) is 39.6. The van der Waals surface area contributed by atoms with Gasteiger partial charge >= 0.3 is 11.9 Å². The minimum absolute atomic E-state index is 0.0787. The van der Waals surface area contributed by atoms with E-state index in [1.54, 1.807) is 6.08 Å². The molecule has 1 aliphatic rings. The molecular weight excluding hydrogens is 822 g/mol. The van der Waals surface area contributed by atoms with Crippen LogP contribution in [0.2, 0.25) is 0 Å². The highest BCUT2D eigenvalue weighted by molar-refractivity contribution is 7.45. The van der Waals surface area contributed by atoms with Gasteiger partial charge in [-0.05, 0) is 76.5 Å². The second-order valence-corrected chi connectivity index (χ2v) is 19.1. The lowest BCUT2D eigenvalue weighted by molar-refractivity contribution is -0.870. The van der Waals surface area contributed by atoms with Crippen molar-refractivity contribution >= 4 is 19.8 Å². The molecule has 1 fully saturated rings. The molecule has 12 nitrogen and oxygen atoms in total. The van der Waals surface area contributed by atoms with Crippen LogP contribution >= 0.6 is 7.82 Å². The van der Waals surface area contributed by atoms with Gasteiger partial charge < -0.3 is 43.2 Å². The number of likely N-dealkylation sites (N-methyl/N-ethyl adjacent to an activating group) is 1. The minimum Gasteiger partial charge on any atom is -0.756 e. The third-order valence-electron chi connectivity index (χ3n) is 10.8. The second-order valence-electron chi connectivity index (χ2n) is 17.7. The van der Waals surface area contributed by atoms with Gasteiger partial charge in [-0.1, -0.05) is 132 Å². The Balaban J connectivity index is 2.47. The first-order valence-electron chi connectivity index (χ1n) is 23.9. The maximum absolute atomic E-state index is 12.8. The van der Waals surface area contributed by atoms with Crippen LogP contribution < -0.4 is 4.89 Å². The van der Waals surface area contributed by atoms with E-state index in [9.17, 15) is 34.4 Å². The van der Waals surface area contributed by atoms with Crippen molar-refractivity contribution in [1.29, 1.82) is 0 Å². The molecule has 0 saturated heterocycles. The number of rotatable bonds is 38. The van der Waals surface area contributed by atoms with E-state index in [0.29, 0.717) is 43.1 Å². The molecule has 0 aromatic carbocycles. The average molecular weight is 908 g/mol. The summed E-state index contributed by atoms with van der Waals surface area (Å²) in [5, 5.41) is 31.5. The Hall–Kier alpha value is -2.67. The minimum atomic E-state index is -4.70. The SMILES string of the molecule is CC/C=C\C/C=C\C/C=C\C/C=C\C/C=C\CCCCCC(=O)OC[C@H](COP(=O)([O-])OCC[N+](C)(C)C)OC(=O)CCCCCC[C@@H]1[C@@H](/C=C/[C@@H](O)CCCCC)[C@H](O)C[C@@H]1O. The molecule has 0 spiro atoms. The quantitative estimate of drug-likeness (QED) is 0.0177. The van der Waals surface area contributed by atoms with E-state index in [0.717, 1.165) is 89.9 Å². The molecule has 0 aromatic rings. The Morgan fingerprint density at radius 2 is 1.32 bits per heavy atom. The van der Waals surface area contributed by atoms with Gasteiger partial charge in [-0.3, -0.25) is 14.2 Å². The fourth-order valence-corrected chi connectivity index (χ4v) is 7.80. The smallest absolute Gasteiger partial charge is 0.306 e. The zero-order valence-corrected chi connectivity index (χ0v) is 40.5. The molecule has 7 atom stereocenters. The van der Waals surface area contributed by atoms with Gasteiger partial charge in [0.1, 0.15) is 19.8 Å². The van der Waals surface area contributed by atoms with Crippen molar-refractivity contribution in [3.63, 3.8) is 0 Å². The van der Waals surface area contributed by atoms with Crippen molar-refractivity contribution in [1.82, 2.24) is 0 Å². The molecule has 13 heteroatoms. The lowest BCUT2D eigenvalue weighted by Crippen LogP contribution is -2.37. The number of nitrogens with zero attached hydrogens (tertiary/aromatic N) is 1. The van der Waals surface area contributed by atoms with E-state index in [-0.39, 0.29) is 37.9 Å². The van der Waals surface area contributed by atoms with Crippen LogP contribution in [-0.4, -0.2) is 104 Å². The van der Waals surface area contributed by atoms with Crippen LogP contribution in [-0.2, 0) is 32.7 Å². The highest BCUT2D eigenvalue weighted by atomic mass is 31.2. The van der Waals surface area contributed by atoms with Crippen LogP contribution in [0.5, 0.6) is 0 Å². The maximum Gasteiger partial charge on any atom is 0.306 e. The maximum atomic E-state index is 12.8. The topological polar surface area (TPSA) is 172 Å². The summed E-state index contributed by atoms with van der Waals surface area (Å²) in [4.78, 5) is 37.9. The molecule has 362 valence electrons. The van der Waals surface area contributed by atoms with Gasteiger partial charge in [0.15, 0.2) is 6.10 Å². The van der Waals surface area contributed by atoms with Gasteiger partial charge in [0.25, 0.3) is 7.82 Å². The van der Waals surface area contributed by atoms with Crippen molar-refractivity contribution in [2.75, 3.05) is 47.5 Å². The summed E-state index contributed by atoms with van der Waals surface area (Å²) in [6.45, 7) is 3.71. The molecular formula is C50H86NO11P. The Morgan fingerprint density at radius 1 is 0.730 bits per heavy atom. The van der Waals surface area contributed by atoms with Crippen molar-refractivity contribution in [2.24, 2.45) is 11.8 Å². The number of hydrogen-bond donors (Lipinski definition) is 3. The summed E-state index contributed by atoms with van der Waals surface area (Å²) in [6.07, 6.45) is 38.5. The summed E-state index contributed by atoms with van der Waals surface area (Å²) < 4.78 is 33.9. The van der Waals surface area contributed by atoms with E-state index in [2.05, 4.69) is 74.6 Å². The lowest BCUT2D eigenvalue weighted by atomic mass is 9.88. The average Bonchev–Trinajstić information content (AvgIpc) is 3.50. The first kappa shape index (κ1) is 58.3. The van der Waals surface area contributed by atoms with Crippen LogP contribution in [0.3, 0.4) is 0 Å². The number of carbonyl (C=O) groups is 2. The molecule has 0 heterocycles. The van der Waals surface area contributed by atoms with Gasteiger partial charge in [-0.15, -0.1) is 0 Å². The van der Waals surface area contributed by atoms with Crippen molar-refractivity contribution in [3.8, 4) is 0 Å². The number of ether oxygens (including phenoxy) is 2. The molecule has 1 saturated carbocycles. The number of aliphatic hydroxyl groups is 3. The molecule has 1 aliphatic carbocycles. The number of phosphoric acid groups is 1. The van der Waals surface area contributed by atoms with E-state index in [1.165, 1.54) is 0 Å². The summed E-state index contributed by atoms with van der Waals surface area (Å²) >= 11 is 0. The number of quaternary nitrogens is 1. The number of hydrogen-bond acceptors (Lipinski definition) is 11. The fourth-order valence-electron chi connectivity index (χ4n) is 7.07. The van der Waals surface area contributed by atoms with Gasteiger partial charge in [-0.25, -0.2) is 0 Å². The molecule has 0 aromatic heterocycles. The summed E-state index contributed by atoms with van der Waals surface area (Å²) in [5.74, 6) is -1.33. The highest BCUT2D eigenvalue weighted by Gasteiger charge is 2.39. The molecule has 3 N–H and O–H groups in total. The van der Waals surface area contributed by atoms with E-state index in [1.807, 2.05) is 27.2 Å². The van der Waals surface area contributed by atoms with Crippen LogP contribution in [0, 0.1) is 11.8 Å². The summed E-state index contributed by atoms with van der Waals surface area (Å²) in [6, 6.07) is 0. The molecule has 0 bridgehead atoms. The summed E-state index contributed by atoms with van der Waals surface area (Å²) in [7, 11) is 1.00. The third kappa shape index (κ3) is 33.5. The van der Waals surface area contributed by atoms with Crippen LogP contribution in [0.25, 0.3) is 0 Å². The molecule has 0 amide bonds. The largest absolute Gasteiger partial charge is 0.756 e. The summed E-state index contributed by atoms with van der Waals surface area (Å²) in [5.41, 5.74) is 0.